The van der Waals surface area contributed by atoms with Gasteiger partial charge >= 0.3 is 0 Å². The number of aryl methyl sites for hydroxylation is 1. The molecule has 0 saturated heterocycles. The van der Waals surface area contributed by atoms with Gasteiger partial charge in [0.1, 0.15) is 0 Å². The molecule has 0 bridgehead atoms. The monoisotopic (exact) mass is 244 g/mol. The summed E-state index contributed by atoms with van der Waals surface area (Å²) in [5.74, 6) is 0. The van der Waals surface area contributed by atoms with Crippen LogP contribution in [0.1, 0.15) is 30.9 Å². The topological polar surface area (TPSA) is 44.9 Å². The molecule has 2 aromatic rings. The number of fused-ring (bicyclic) bond motifs is 1. The van der Waals surface area contributed by atoms with Gasteiger partial charge < -0.3 is 10.3 Å². The Morgan fingerprint density at radius 2 is 2.17 bits per heavy atom. The zero-order chi connectivity index (χ0) is 13.0. The molecule has 0 aliphatic rings. The zero-order valence-electron chi connectivity index (χ0n) is 11.0. The van der Waals surface area contributed by atoms with E-state index in [0.717, 1.165) is 35.0 Å². The van der Waals surface area contributed by atoms with E-state index in [9.17, 15) is 4.79 Å². The highest BCUT2D eigenvalue weighted by atomic mass is 16.1. The Balaban J connectivity index is 2.24. The lowest BCUT2D eigenvalue weighted by molar-refractivity contribution is 0.639. The zero-order valence-corrected chi connectivity index (χ0v) is 11.0. The predicted octanol–water partition coefficient (Wildman–Crippen LogP) is 2.73. The normalized spacial score (nSPS) is 11.0. The van der Waals surface area contributed by atoms with E-state index in [1.807, 2.05) is 31.2 Å². The van der Waals surface area contributed by atoms with E-state index in [1.54, 1.807) is 0 Å². The molecular formula is C15H20N2O. The lowest BCUT2D eigenvalue weighted by Gasteiger charge is -2.06. The number of aromatic amines is 1. The van der Waals surface area contributed by atoms with Gasteiger partial charge in [-0.05, 0) is 36.9 Å². The Kier molecular flexibility index (Phi) is 4.15. The van der Waals surface area contributed by atoms with Crippen LogP contribution in [0.5, 0.6) is 0 Å². The van der Waals surface area contributed by atoms with Crippen molar-refractivity contribution in [2.24, 2.45) is 0 Å². The van der Waals surface area contributed by atoms with Gasteiger partial charge in [0.05, 0.1) is 5.52 Å². The molecule has 18 heavy (non-hydrogen) atoms. The molecule has 2 N–H and O–H groups in total. The second-order valence-corrected chi connectivity index (χ2v) is 4.69. The number of aromatic nitrogens is 1. The molecule has 3 heteroatoms. The summed E-state index contributed by atoms with van der Waals surface area (Å²) < 4.78 is 0. The van der Waals surface area contributed by atoms with Gasteiger partial charge in [-0.15, -0.1) is 0 Å². The molecule has 0 atom stereocenters. The summed E-state index contributed by atoms with van der Waals surface area (Å²) in [7, 11) is 0. The summed E-state index contributed by atoms with van der Waals surface area (Å²) in [5, 5.41) is 4.40. The average Bonchev–Trinajstić information content (AvgIpc) is 2.36. The summed E-state index contributed by atoms with van der Waals surface area (Å²) >= 11 is 0. The standard InChI is InChI=1S/C15H20N2O/c1-3-4-8-16-10-13-9-12-7-5-6-11(2)14(12)17-15(13)18/h5-7,9,16H,3-4,8,10H2,1-2H3,(H,17,18). The molecule has 2 rings (SSSR count). The smallest absolute Gasteiger partial charge is 0.252 e. The largest absolute Gasteiger partial charge is 0.321 e. The van der Waals surface area contributed by atoms with Gasteiger partial charge in [-0.25, -0.2) is 0 Å². The summed E-state index contributed by atoms with van der Waals surface area (Å²) in [6.45, 7) is 5.77. The number of hydrogen-bond donors (Lipinski definition) is 2. The van der Waals surface area contributed by atoms with Crippen LogP contribution in [0.15, 0.2) is 29.1 Å². The SMILES string of the molecule is CCCCNCc1cc2cccc(C)c2[nH]c1=O. The van der Waals surface area contributed by atoms with E-state index in [1.165, 1.54) is 6.42 Å². The molecule has 3 nitrogen and oxygen atoms in total. The first-order valence-electron chi connectivity index (χ1n) is 6.54. The molecular weight excluding hydrogens is 224 g/mol. The molecule has 0 unspecified atom stereocenters. The van der Waals surface area contributed by atoms with Crippen molar-refractivity contribution in [1.82, 2.24) is 10.3 Å². The highest BCUT2D eigenvalue weighted by Gasteiger charge is 2.03. The second kappa shape index (κ2) is 5.83. The Morgan fingerprint density at radius 3 is 2.94 bits per heavy atom. The molecule has 1 aromatic carbocycles. The van der Waals surface area contributed by atoms with E-state index in [2.05, 4.69) is 17.2 Å². The number of unbranched alkanes of at least 4 members (excludes halogenated alkanes) is 1. The molecule has 0 aliphatic carbocycles. The maximum absolute atomic E-state index is 12.0. The van der Waals surface area contributed by atoms with Gasteiger partial charge in [0.15, 0.2) is 0 Å². The van der Waals surface area contributed by atoms with Crippen LogP contribution < -0.4 is 10.9 Å². The van der Waals surface area contributed by atoms with Crippen molar-refractivity contribution in [2.45, 2.75) is 33.2 Å². The second-order valence-electron chi connectivity index (χ2n) is 4.69. The highest BCUT2D eigenvalue weighted by Crippen LogP contribution is 2.14. The Hall–Kier alpha value is -1.61. The minimum Gasteiger partial charge on any atom is -0.321 e. The van der Waals surface area contributed by atoms with Crippen LogP contribution in [-0.2, 0) is 6.54 Å². The summed E-state index contributed by atoms with van der Waals surface area (Å²) in [6, 6.07) is 8.05. The quantitative estimate of drug-likeness (QED) is 0.794. The Morgan fingerprint density at radius 1 is 1.33 bits per heavy atom. The van der Waals surface area contributed by atoms with E-state index < -0.39 is 0 Å². The third kappa shape index (κ3) is 2.79. The highest BCUT2D eigenvalue weighted by molar-refractivity contribution is 5.81. The maximum atomic E-state index is 12.0. The van der Waals surface area contributed by atoms with Crippen molar-refractivity contribution < 1.29 is 0 Å². The molecule has 0 saturated carbocycles. The number of hydrogen-bond acceptors (Lipinski definition) is 2. The fourth-order valence-electron chi connectivity index (χ4n) is 2.08. The Labute approximate surface area is 107 Å². The van der Waals surface area contributed by atoms with E-state index in [4.69, 9.17) is 0 Å². The van der Waals surface area contributed by atoms with Crippen molar-refractivity contribution in [2.75, 3.05) is 6.54 Å². The van der Waals surface area contributed by atoms with Crippen LogP contribution in [0.4, 0.5) is 0 Å². The van der Waals surface area contributed by atoms with Crippen LogP contribution in [0.25, 0.3) is 10.9 Å². The van der Waals surface area contributed by atoms with Crippen molar-refractivity contribution in [3.8, 4) is 0 Å². The minimum atomic E-state index is 0.0146. The lowest BCUT2D eigenvalue weighted by Crippen LogP contribution is -2.21. The van der Waals surface area contributed by atoms with Crippen molar-refractivity contribution in [1.29, 1.82) is 0 Å². The van der Waals surface area contributed by atoms with Crippen LogP contribution in [0, 0.1) is 6.92 Å². The molecule has 0 spiro atoms. The first-order valence-corrected chi connectivity index (χ1v) is 6.54. The average molecular weight is 244 g/mol. The number of benzene rings is 1. The molecule has 0 fully saturated rings. The first-order chi connectivity index (χ1) is 8.72. The summed E-state index contributed by atoms with van der Waals surface area (Å²) in [6.07, 6.45) is 2.31. The van der Waals surface area contributed by atoms with Gasteiger partial charge in [0, 0.05) is 12.1 Å². The number of H-pyrrole nitrogens is 1. The molecule has 1 heterocycles. The van der Waals surface area contributed by atoms with Gasteiger partial charge in [-0.2, -0.15) is 0 Å². The predicted molar refractivity (Wildman–Crippen MR) is 75.9 cm³/mol. The van der Waals surface area contributed by atoms with E-state index in [0.29, 0.717) is 6.54 Å². The first kappa shape index (κ1) is 12.8. The van der Waals surface area contributed by atoms with Gasteiger partial charge in [0.2, 0.25) is 0 Å². The molecule has 1 aromatic heterocycles. The van der Waals surface area contributed by atoms with Crippen LogP contribution in [0.3, 0.4) is 0 Å². The minimum absolute atomic E-state index is 0.0146. The summed E-state index contributed by atoms with van der Waals surface area (Å²) in [5.41, 5.74) is 2.87. The van der Waals surface area contributed by atoms with Crippen LogP contribution in [0.2, 0.25) is 0 Å². The third-order valence-corrected chi connectivity index (χ3v) is 3.19. The van der Waals surface area contributed by atoms with Crippen molar-refractivity contribution >= 4 is 10.9 Å². The molecule has 96 valence electrons. The fraction of sp³-hybridized carbons (Fsp3) is 0.400. The van der Waals surface area contributed by atoms with E-state index >= 15 is 0 Å². The van der Waals surface area contributed by atoms with Crippen molar-refractivity contribution in [3.05, 3.63) is 45.7 Å². The fourth-order valence-corrected chi connectivity index (χ4v) is 2.08. The van der Waals surface area contributed by atoms with E-state index in [-0.39, 0.29) is 5.56 Å². The molecule has 0 aliphatic heterocycles. The number of pyridine rings is 1. The Bertz CT molecular complexity index is 587. The maximum Gasteiger partial charge on any atom is 0.252 e. The molecule has 0 amide bonds. The third-order valence-electron chi connectivity index (χ3n) is 3.19. The van der Waals surface area contributed by atoms with Crippen LogP contribution >= 0.6 is 0 Å². The summed E-state index contributed by atoms with van der Waals surface area (Å²) in [4.78, 5) is 14.9. The number of nitrogens with one attached hydrogen (secondary N) is 2. The van der Waals surface area contributed by atoms with Gasteiger partial charge in [-0.1, -0.05) is 31.5 Å². The van der Waals surface area contributed by atoms with Gasteiger partial charge in [-0.3, -0.25) is 4.79 Å². The molecule has 0 radical (unpaired) electrons. The lowest BCUT2D eigenvalue weighted by atomic mass is 10.1. The van der Waals surface area contributed by atoms with Crippen LogP contribution in [-0.4, -0.2) is 11.5 Å². The number of para-hydroxylation sites is 1. The van der Waals surface area contributed by atoms with Crippen molar-refractivity contribution in [3.63, 3.8) is 0 Å². The van der Waals surface area contributed by atoms with Gasteiger partial charge in [0.25, 0.3) is 5.56 Å². The number of rotatable bonds is 5.